The summed E-state index contributed by atoms with van der Waals surface area (Å²) < 4.78 is 5.86. The molecule has 0 saturated heterocycles. The topological polar surface area (TPSA) is 66.4 Å². The van der Waals surface area contributed by atoms with Gasteiger partial charge in [-0.1, -0.05) is 55.0 Å². The molecule has 28 heavy (non-hydrogen) atoms. The number of esters is 1. The van der Waals surface area contributed by atoms with Gasteiger partial charge in [0.1, 0.15) is 6.10 Å². The molecular formula is C24H23O4-. The highest BCUT2D eigenvalue weighted by atomic mass is 16.5. The zero-order chi connectivity index (χ0) is 19.3. The van der Waals surface area contributed by atoms with Gasteiger partial charge in [-0.2, -0.15) is 0 Å². The minimum absolute atomic E-state index is 0.0883. The molecule has 4 nitrogen and oxygen atoms in total. The van der Waals surface area contributed by atoms with Crippen LogP contribution >= 0.6 is 0 Å². The fourth-order valence-corrected chi connectivity index (χ4v) is 5.67. The van der Waals surface area contributed by atoms with E-state index in [9.17, 15) is 14.7 Å². The van der Waals surface area contributed by atoms with E-state index in [0.29, 0.717) is 0 Å². The zero-order valence-electron chi connectivity index (χ0n) is 15.7. The minimum Gasteiger partial charge on any atom is -0.550 e. The van der Waals surface area contributed by atoms with Crippen LogP contribution in [0.25, 0.3) is 0 Å². The molecule has 2 aromatic carbocycles. The molecule has 0 radical (unpaired) electrons. The molecule has 2 atom stereocenters. The van der Waals surface area contributed by atoms with E-state index in [4.69, 9.17) is 4.74 Å². The Hall–Kier alpha value is -2.62. The van der Waals surface area contributed by atoms with Crippen molar-refractivity contribution in [2.24, 2.45) is 11.8 Å². The van der Waals surface area contributed by atoms with Crippen LogP contribution in [0, 0.1) is 11.8 Å². The van der Waals surface area contributed by atoms with Gasteiger partial charge in [0.2, 0.25) is 0 Å². The first kappa shape index (κ1) is 17.5. The number of hydrogen-bond acceptors (Lipinski definition) is 4. The number of carbonyl (C=O) groups excluding carboxylic acids is 2. The lowest BCUT2D eigenvalue weighted by Crippen LogP contribution is -2.51. The summed E-state index contributed by atoms with van der Waals surface area (Å²) in [5.74, 6) is -3.83. The maximum absolute atomic E-state index is 13.3. The summed E-state index contributed by atoms with van der Waals surface area (Å²) in [5, 5.41) is 12.3. The molecule has 0 heterocycles. The number of ether oxygens (including phenoxy) is 1. The predicted molar refractivity (Wildman–Crippen MR) is 102 cm³/mol. The van der Waals surface area contributed by atoms with Gasteiger partial charge in [-0.05, 0) is 47.9 Å². The van der Waals surface area contributed by atoms with Gasteiger partial charge >= 0.3 is 5.97 Å². The summed E-state index contributed by atoms with van der Waals surface area (Å²) in [6.45, 7) is 0. The van der Waals surface area contributed by atoms with Crippen LogP contribution in [0.15, 0.2) is 48.5 Å². The quantitative estimate of drug-likeness (QED) is 0.773. The number of carboxylic acid groups (broad SMARTS) is 1. The Balaban J connectivity index is 1.61. The third kappa shape index (κ3) is 2.58. The van der Waals surface area contributed by atoms with Crippen molar-refractivity contribution in [2.45, 2.75) is 50.0 Å². The highest BCUT2D eigenvalue weighted by molar-refractivity contribution is 5.86. The molecule has 2 aromatic rings. The molecule has 0 spiro atoms. The van der Waals surface area contributed by atoms with Crippen molar-refractivity contribution in [1.29, 1.82) is 0 Å². The fourth-order valence-electron chi connectivity index (χ4n) is 5.67. The smallest absolute Gasteiger partial charge is 0.310 e. The van der Waals surface area contributed by atoms with Crippen LogP contribution in [0.1, 0.15) is 66.2 Å². The third-order valence-electron chi connectivity index (χ3n) is 6.82. The van der Waals surface area contributed by atoms with Gasteiger partial charge < -0.3 is 14.6 Å². The van der Waals surface area contributed by atoms with Crippen molar-refractivity contribution in [3.63, 3.8) is 0 Å². The Bertz CT molecular complexity index is 880. The highest BCUT2D eigenvalue weighted by Crippen LogP contribution is 2.58. The zero-order valence-corrected chi connectivity index (χ0v) is 15.7. The van der Waals surface area contributed by atoms with E-state index in [-0.39, 0.29) is 23.9 Å². The Labute approximate surface area is 164 Å². The lowest BCUT2D eigenvalue weighted by Gasteiger charge is -2.50. The predicted octanol–water partition coefficient (Wildman–Crippen LogP) is 3.14. The van der Waals surface area contributed by atoms with Crippen LogP contribution in [0.5, 0.6) is 0 Å². The first-order valence-electron chi connectivity index (χ1n) is 10.3. The van der Waals surface area contributed by atoms with Gasteiger partial charge in [-0.15, -0.1) is 0 Å². The highest BCUT2D eigenvalue weighted by Gasteiger charge is 2.53. The molecule has 1 saturated carbocycles. The van der Waals surface area contributed by atoms with Gasteiger partial charge in [0.05, 0.1) is 5.92 Å². The summed E-state index contributed by atoms with van der Waals surface area (Å²) >= 11 is 0. The largest absolute Gasteiger partial charge is 0.550 e. The summed E-state index contributed by atoms with van der Waals surface area (Å²) in [6, 6.07) is 15.8. The van der Waals surface area contributed by atoms with Crippen LogP contribution in [0.2, 0.25) is 0 Å². The second kappa shape index (κ2) is 6.77. The molecule has 0 unspecified atom stereocenters. The molecule has 4 aliphatic rings. The Morgan fingerprint density at radius 2 is 1.21 bits per heavy atom. The van der Waals surface area contributed by atoms with E-state index in [1.54, 1.807) is 0 Å². The molecule has 0 aromatic heterocycles. The van der Waals surface area contributed by atoms with E-state index in [0.717, 1.165) is 47.9 Å². The van der Waals surface area contributed by atoms with Crippen molar-refractivity contribution in [1.82, 2.24) is 0 Å². The number of hydrogen-bond donors (Lipinski definition) is 0. The number of rotatable bonds is 3. The van der Waals surface area contributed by atoms with E-state index >= 15 is 0 Å². The Kier molecular flexibility index (Phi) is 4.22. The SMILES string of the molecule is O=C([O-])[C@@H]1C2c3ccccc3C(c3ccccc32)[C@@H]1C(=O)OC1CCCCC1. The number of aliphatic carboxylic acids is 1. The van der Waals surface area contributed by atoms with E-state index < -0.39 is 17.8 Å². The monoisotopic (exact) mass is 375 g/mol. The van der Waals surface area contributed by atoms with Crippen molar-refractivity contribution < 1.29 is 19.4 Å². The van der Waals surface area contributed by atoms with Crippen LogP contribution in [-0.4, -0.2) is 18.0 Å². The second-order valence-corrected chi connectivity index (χ2v) is 8.28. The van der Waals surface area contributed by atoms with Crippen molar-refractivity contribution in [3.05, 3.63) is 70.8 Å². The molecule has 2 bridgehead atoms. The van der Waals surface area contributed by atoms with Crippen molar-refractivity contribution >= 4 is 11.9 Å². The minimum atomic E-state index is -1.16. The molecule has 4 heteroatoms. The summed E-state index contributed by atoms with van der Waals surface area (Å²) in [4.78, 5) is 25.5. The van der Waals surface area contributed by atoms with Crippen LogP contribution in [0.3, 0.4) is 0 Å². The van der Waals surface area contributed by atoms with E-state index in [2.05, 4.69) is 0 Å². The molecule has 144 valence electrons. The van der Waals surface area contributed by atoms with Gasteiger partial charge in [0.25, 0.3) is 0 Å². The van der Waals surface area contributed by atoms with E-state index in [1.165, 1.54) is 6.42 Å². The van der Waals surface area contributed by atoms with Crippen molar-refractivity contribution in [2.75, 3.05) is 0 Å². The Morgan fingerprint density at radius 1 is 0.750 bits per heavy atom. The van der Waals surface area contributed by atoms with Crippen LogP contribution in [0.4, 0.5) is 0 Å². The first-order chi connectivity index (χ1) is 13.7. The standard InChI is InChI=1S/C24H24O4/c25-23(26)21-19-15-10-4-6-12-17(15)20(18-13-7-5-11-16(18)19)22(21)24(27)28-14-8-2-1-3-9-14/h4-7,10-14,19-22H,1-3,8-9H2,(H,25,26)/p-1/t19?,20?,21-,22+/m1/s1. The second-order valence-electron chi connectivity index (χ2n) is 8.28. The number of carbonyl (C=O) groups is 2. The normalized spacial score (nSPS) is 28.3. The molecule has 0 amide bonds. The lowest BCUT2D eigenvalue weighted by atomic mass is 9.54. The maximum Gasteiger partial charge on any atom is 0.310 e. The average molecular weight is 375 g/mol. The molecule has 0 aliphatic heterocycles. The lowest BCUT2D eigenvalue weighted by molar-refractivity contribution is -0.314. The summed E-state index contributed by atoms with van der Waals surface area (Å²) in [6.07, 6.45) is 4.94. The Morgan fingerprint density at radius 3 is 1.68 bits per heavy atom. The van der Waals surface area contributed by atoms with Gasteiger partial charge in [-0.3, -0.25) is 4.79 Å². The number of carboxylic acids is 1. The van der Waals surface area contributed by atoms with Crippen LogP contribution < -0.4 is 5.11 Å². The fraction of sp³-hybridized carbons (Fsp3) is 0.417. The molecule has 1 fully saturated rings. The third-order valence-corrected chi connectivity index (χ3v) is 6.82. The summed E-state index contributed by atoms with van der Waals surface area (Å²) in [7, 11) is 0. The molecule has 4 aliphatic carbocycles. The number of fused-ring (bicyclic) bond motifs is 1. The van der Waals surface area contributed by atoms with Gasteiger partial charge in [0, 0.05) is 23.7 Å². The molecule has 0 N–H and O–H groups in total. The summed E-state index contributed by atoms with van der Waals surface area (Å²) in [5.41, 5.74) is 4.10. The van der Waals surface area contributed by atoms with Gasteiger partial charge in [0.15, 0.2) is 0 Å². The average Bonchev–Trinajstić information content (AvgIpc) is 2.73. The molecule has 6 rings (SSSR count). The molecular weight excluding hydrogens is 352 g/mol. The van der Waals surface area contributed by atoms with Crippen LogP contribution in [-0.2, 0) is 14.3 Å². The maximum atomic E-state index is 13.3. The van der Waals surface area contributed by atoms with E-state index in [1.807, 2.05) is 48.5 Å². The first-order valence-corrected chi connectivity index (χ1v) is 10.3. The van der Waals surface area contributed by atoms with Crippen molar-refractivity contribution in [3.8, 4) is 0 Å². The number of benzene rings is 2. The van der Waals surface area contributed by atoms with Gasteiger partial charge in [-0.25, -0.2) is 0 Å².